The minimum absolute atomic E-state index is 0.177. The van der Waals surface area contributed by atoms with Gasteiger partial charge in [0.1, 0.15) is 0 Å². The molecule has 142 valence electrons. The van der Waals surface area contributed by atoms with Crippen molar-refractivity contribution in [1.29, 1.82) is 0 Å². The van der Waals surface area contributed by atoms with Crippen LogP contribution in [0.5, 0.6) is 0 Å². The van der Waals surface area contributed by atoms with E-state index in [4.69, 9.17) is 4.74 Å². The van der Waals surface area contributed by atoms with Crippen LogP contribution in [0.15, 0.2) is 34.5 Å². The third kappa shape index (κ3) is 4.43. The third-order valence-corrected chi connectivity index (χ3v) is 7.08. The maximum atomic E-state index is 12.7. The van der Waals surface area contributed by atoms with Gasteiger partial charge in [-0.15, -0.1) is 11.3 Å². The molecule has 1 saturated heterocycles. The van der Waals surface area contributed by atoms with Crippen molar-refractivity contribution in [1.82, 2.24) is 9.29 Å². The molecule has 0 amide bonds. The van der Waals surface area contributed by atoms with Gasteiger partial charge in [-0.25, -0.2) is 13.4 Å². The summed E-state index contributed by atoms with van der Waals surface area (Å²) in [5.41, 5.74) is 1.75. The van der Waals surface area contributed by atoms with Crippen molar-refractivity contribution in [2.45, 2.75) is 37.1 Å². The summed E-state index contributed by atoms with van der Waals surface area (Å²) in [5.74, 6) is 0. The van der Waals surface area contributed by atoms with Crippen LogP contribution in [0, 0.1) is 0 Å². The van der Waals surface area contributed by atoms with Crippen molar-refractivity contribution in [2.24, 2.45) is 0 Å². The fourth-order valence-electron chi connectivity index (χ4n) is 3.03. The Morgan fingerprint density at radius 1 is 1.23 bits per heavy atom. The first kappa shape index (κ1) is 19.3. The number of nitrogens with one attached hydrogen (secondary N) is 1. The average Bonchev–Trinajstić information content (AvgIpc) is 3.11. The summed E-state index contributed by atoms with van der Waals surface area (Å²) in [4.78, 5) is 4.93. The van der Waals surface area contributed by atoms with E-state index in [2.05, 4.69) is 10.3 Å². The van der Waals surface area contributed by atoms with Crippen LogP contribution in [-0.2, 0) is 14.8 Å². The molecule has 0 radical (unpaired) electrons. The topological polar surface area (TPSA) is 71.5 Å². The predicted octanol–water partition coefficient (Wildman–Crippen LogP) is 3.43. The lowest BCUT2D eigenvalue weighted by molar-refractivity contribution is 0.190. The smallest absolute Gasteiger partial charge is 0.243 e. The van der Waals surface area contributed by atoms with Gasteiger partial charge >= 0.3 is 0 Å². The largest absolute Gasteiger partial charge is 0.383 e. The van der Waals surface area contributed by atoms with Gasteiger partial charge in [0.15, 0.2) is 5.13 Å². The number of anilines is 1. The van der Waals surface area contributed by atoms with Crippen molar-refractivity contribution in [3.8, 4) is 11.3 Å². The number of nitrogens with zero attached hydrogens (tertiary/aromatic N) is 2. The van der Waals surface area contributed by atoms with Crippen LogP contribution in [0.25, 0.3) is 11.3 Å². The molecule has 0 aliphatic carbocycles. The fraction of sp³-hybridized carbons (Fsp3) is 0.500. The maximum absolute atomic E-state index is 12.7. The minimum atomic E-state index is -3.39. The molecular weight excluding hydrogens is 370 g/mol. The predicted molar refractivity (Wildman–Crippen MR) is 105 cm³/mol. The second-order valence-corrected chi connectivity index (χ2v) is 9.32. The maximum Gasteiger partial charge on any atom is 0.243 e. The van der Waals surface area contributed by atoms with Gasteiger partial charge in [0.25, 0.3) is 0 Å². The van der Waals surface area contributed by atoms with Crippen LogP contribution in [0.3, 0.4) is 0 Å². The number of hydrogen-bond acceptors (Lipinski definition) is 6. The zero-order valence-electron chi connectivity index (χ0n) is 15.1. The number of aromatic nitrogens is 1. The number of ether oxygens (including phenoxy) is 1. The molecule has 1 atom stereocenters. The van der Waals surface area contributed by atoms with Crippen molar-refractivity contribution in [3.63, 3.8) is 0 Å². The molecule has 6 nitrogen and oxygen atoms in total. The van der Waals surface area contributed by atoms with Crippen molar-refractivity contribution < 1.29 is 13.2 Å². The number of piperidine rings is 1. The van der Waals surface area contributed by atoms with Gasteiger partial charge in [0.2, 0.25) is 10.0 Å². The highest BCUT2D eigenvalue weighted by Crippen LogP contribution is 2.27. The monoisotopic (exact) mass is 395 g/mol. The molecule has 1 aromatic heterocycles. The Hall–Kier alpha value is -1.48. The molecule has 1 aliphatic rings. The number of thiazole rings is 1. The number of methoxy groups -OCH3 is 1. The van der Waals surface area contributed by atoms with Gasteiger partial charge in [-0.3, -0.25) is 0 Å². The second kappa shape index (κ2) is 8.47. The van der Waals surface area contributed by atoms with E-state index in [1.807, 2.05) is 24.4 Å². The minimum Gasteiger partial charge on any atom is -0.383 e. The lowest BCUT2D eigenvalue weighted by atomic mass is 10.2. The molecular formula is C18H25N3O3S2. The quantitative estimate of drug-likeness (QED) is 0.778. The molecule has 1 aromatic carbocycles. The van der Waals surface area contributed by atoms with Crippen LogP contribution in [0.1, 0.15) is 26.2 Å². The standard InChI is InChI=1S/C18H25N3O3S2/c1-14(12-24-2)19-18-20-17(13-25-18)15-6-8-16(9-7-15)26(22,23)21-10-4-3-5-11-21/h6-9,13-14H,3-5,10-12H2,1-2H3,(H,19,20)/t14-/m0/s1. The molecule has 3 rings (SSSR count). The van der Waals surface area contributed by atoms with Gasteiger partial charge in [-0.1, -0.05) is 18.6 Å². The molecule has 1 N–H and O–H groups in total. The van der Waals surface area contributed by atoms with Crippen molar-refractivity contribution in [3.05, 3.63) is 29.6 Å². The molecule has 2 aromatic rings. The lowest BCUT2D eigenvalue weighted by Gasteiger charge is -2.25. The lowest BCUT2D eigenvalue weighted by Crippen LogP contribution is -2.35. The molecule has 8 heteroatoms. The third-order valence-electron chi connectivity index (χ3n) is 4.39. The fourth-order valence-corrected chi connectivity index (χ4v) is 5.38. The summed E-state index contributed by atoms with van der Waals surface area (Å²) in [7, 11) is -1.72. The molecule has 1 fully saturated rings. The Bertz CT molecular complexity index is 812. The highest BCUT2D eigenvalue weighted by molar-refractivity contribution is 7.89. The summed E-state index contributed by atoms with van der Waals surface area (Å²) < 4.78 is 32.1. The molecule has 0 saturated carbocycles. The Kier molecular flexibility index (Phi) is 6.29. The zero-order valence-corrected chi connectivity index (χ0v) is 16.8. The molecule has 26 heavy (non-hydrogen) atoms. The van der Waals surface area contributed by atoms with Crippen LogP contribution in [-0.4, -0.2) is 50.6 Å². The van der Waals surface area contributed by atoms with Gasteiger partial charge < -0.3 is 10.1 Å². The van der Waals surface area contributed by atoms with E-state index in [1.54, 1.807) is 23.5 Å². The Labute approximate surface area is 159 Å². The summed E-state index contributed by atoms with van der Waals surface area (Å²) in [6, 6.07) is 7.19. The highest BCUT2D eigenvalue weighted by Gasteiger charge is 2.25. The number of sulfonamides is 1. The summed E-state index contributed by atoms with van der Waals surface area (Å²) in [6.07, 6.45) is 2.98. The summed E-state index contributed by atoms with van der Waals surface area (Å²) >= 11 is 1.53. The zero-order chi connectivity index (χ0) is 18.6. The van der Waals surface area contributed by atoms with E-state index in [0.717, 1.165) is 35.7 Å². The van der Waals surface area contributed by atoms with E-state index in [1.165, 1.54) is 11.3 Å². The Morgan fingerprint density at radius 3 is 2.58 bits per heavy atom. The van der Waals surface area contributed by atoms with E-state index < -0.39 is 10.0 Å². The van der Waals surface area contributed by atoms with E-state index in [-0.39, 0.29) is 6.04 Å². The normalized spacial score (nSPS) is 17.2. The van der Waals surface area contributed by atoms with Gasteiger partial charge in [0, 0.05) is 37.2 Å². The first-order chi connectivity index (χ1) is 12.5. The first-order valence-electron chi connectivity index (χ1n) is 8.82. The highest BCUT2D eigenvalue weighted by atomic mass is 32.2. The van der Waals surface area contributed by atoms with Crippen LogP contribution >= 0.6 is 11.3 Å². The Balaban J connectivity index is 1.72. The number of benzene rings is 1. The molecule has 0 spiro atoms. The number of rotatable bonds is 7. The number of hydrogen-bond donors (Lipinski definition) is 1. The van der Waals surface area contributed by atoms with Crippen molar-refractivity contribution >= 4 is 26.5 Å². The average molecular weight is 396 g/mol. The second-order valence-electron chi connectivity index (χ2n) is 6.53. The van der Waals surface area contributed by atoms with Crippen LogP contribution in [0.2, 0.25) is 0 Å². The van der Waals surface area contributed by atoms with E-state index in [0.29, 0.717) is 24.6 Å². The van der Waals surface area contributed by atoms with E-state index in [9.17, 15) is 8.42 Å². The van der Waals surface area contributed by atoms with Gasteiger partial charge in [-0.05, 0) is 31.9 Å². The Morgan fingerprint density at radius 2 is 1.92 bits per heavy atom. The molecule has 0 unspecified atom stereocenters. The molecule has 2 heterocycles. The SMILES string of the molecule is COC[C@H](C)Nc1nc(-c2ccc(S(=O)(=O)N3CCCCC3)cc2)cs1. The molecule has 0 bridgehead atoms. The van der Waals surface area contributed by atoms with Gasteiger partial charge in [0.05, 0.1) is 17.2 Å². The molecule has 1 aliphatic heterocycles. The summed E-state index contributed by atoms with van der Waals surface area (Å²) in [5, 5.41) is 6.09. The van der Waals surface area contributed by atoms with Gasteiger partial charge in [-0.2, -0.15) is 4.31 Å². The van der Waals surface area contributed by atoms with E-state index >= 15 is 0 Å². The van der Waals surface area contributed by atoms with Crippen molar-refractivity contribution in [2.75, 3.05) is 32.1 Å². The van der Waals surface area contributed by atoms with Crippen LogP contribution in [0.4, 0.5) is 5.13 Å². The van der Waals surface area contributed by atoms with Crippen LogP contribution < -0.4 is 5.32 Å². The summed E-state index contributed by atoms with van der Waals surface area (Å²) in [6.45, 7) is 3.87. The first-order valence-corrected chi connectivity index (χ1v) is 11.1.